The third-order valence-corrected chi connectivity index (χ3v) is 4.98. The highest BCUT2D eigenvalue weighted by Gasteiger charge is 2.26. The van der Waals surface area contributed by atoms with Gasteiger partial charge in [0.15, 0.2) is 17.5 Å². The molecule has 1 saturated heterocycles. The fourth-order valence-corrected chi connectivity index (χ4v) is 3.61. The summed E-state index contributed by atoms with van der Waals surface area (Å²) in [5.41, 5.74) is 2.43. The molecule has 1 aliphatic rings. The molecular formula is C22H30IN3O2. The lowest BCUT2D eigenvalue weighted by Crippen LogP contribution is -2.40. The average molecular weight is 495 g/mol. The fraction of sp³-hybridized carbons (Fsp3) is 0.409. The molecule has 1 fully saturated rings. The van der Waals surface area contributed by atoms with E-state index >= 15 is 0 Å². The lowest BCUT2D eigenvalue weighted by Gasteiger charge is -2.22. The van der Waals surface area contributed by atoms with Gasteiger partial charge < -0.3 is 19.7 Å². The van der Waals surface area contributed by atoms with Crippen LogP contribution in [0.1, 0.15) is 30.4 Å². The smallest absolute Gasteiger partial charge is 0.194 e. The largest absolute Gasteiger partial charge is 0.493 e. The zero-order chi connectivity index (χ0) is 19.1. The quantitative estimate of drug-likeness (QED) is 0.370. The van der Waals surface area contributed by atoms with Crippen LogP contribution >= 0.6 is 24.0 Å². The molecule has 5 nitrogen and oxygen atoms in total. The third-order valence-electron chi connectivity index (χ3n) is 4.98. The van der Waals surface area contributed by atoms with Crippen LogP contribution in [0, 0.1) is 0 Å². The van der Waals surface area contributed by atoms with E-state index in [1.54, 1.807) is 14.2 Å². The van der Waals surface area contributed by atoms with E-state index in [-0.39, 0.29) is 24.0 Å². The molecule has 0 spiro atoms. The highest BCUT2D eigenvalue weighted by molar-refractivity contribution is 14.0. The second-order valence-corrected chi connectivity index (χ2v) is 6.67. The van der Waals surface area contributed by atoms with Crippen molar-refractivity contribution in [1.29, 1.82) is 0 Å². The SMILES string of the molecule is CCNC(=NCc1cccc(OC)c1OC)N1CCC(c2ccccc2)C1.I. The van der Waals surface area contributed by atoms with Gasteiger partial charge in [-0.05, 0) is 25.0 Å². The first kappa shape index (κ1) is 22.3. The minimum atomic E-state index is 0. The molecule has 0 bridgehead atoms. The normalized spacial score (nSPS) is 16.5. The number of para-hydroxylation sites is 1. The molecule has 6 heteroatoms. The summed E-state index contributed by atoms with van der Waals surface area (Å²) in [6.07, 6.45) is 1.15. The zero-order valence-corrected chi connectivity index (χ0v) is 19.2. The molecule has 0 saturated carbocycles. The van der Waals surface area contributed by atoms with Crippen molar-refractivity contribution in [3.8, 4) is 11.5 Å². The van der Waals surface area contributed by atoms with E-state index < -0.39 is 0 Å². The molecule has 1 heterocycles. The number of halogens is 1. The summed E-state index contributed by atoms with van der Waals surface area (Å²) in [7, 11) is 3.32. The maximum absolute atomic E-state index is 5.53. The molecule has 0 radical (unpaired) electrons. The number of aliphatic imine (C=N–C) groups is 1. The summed E-state index contributed by atoms with van der Waals surface area (Å²) in [5, 5.41) is 3.44. The Labute approximate surface area is 185 Å². The van der Waals surface area contributed by atoms with E-state index in [0.29, 0.717) is 12.5 Å². The summed E-state index contributed by atoms with van der Waals surface area (Å²) in [6, 6.07) is 16.7. The van der Waals surface area contributed by atoms with Gasteiger partial charge >= 0.3 is 0 Å². The van der Waals surface area contributed by atoms with Gasteiger partial charge in [0.25, 0.3) is 0 Å². The van der Waals surface area contributed by atoms with Gasteiger partial charge in [0.1, 0.15) is 0 Å². The molecule has 0 aromatic heterocycles. The van der Waals surface area contributed by atoms with Crippen LogP contribution in [0.25, 0.3) is 0 Å². The topological polar surface area (TPSA) is 46.1 Å². The van der Waals surface area contributed by atoms with Crippen molar-refractivity contribution in [3.63, 3.8) is 0 Å². The van der Waals surface area contributed by atoms with Gasteiger partial charge in [-0.1, -0.05) is 42.5 Å². The number of rotatable bonds is 6. The number of methoxy groups -OCH3 is 2. The number of benzene rings is 2. The van der Waals surface area contributed by atoms with Crippen LogP contribution < -0.4 is 14.8 Å². The van der Waals surface area contributed by atoms with Crippen LogP contribution in [0.15, 0.2) is 53.5 Å². The molecule has 3 rings (SSSR count). The van der Waals surface area contributed by atoms with Crippen molar-refractivity contribution in [3.05, 3.63) is 59.7 Å². The van der Waals surface area contributed by atoms with E-state index in [1.807, 2.05) is 18.2 Å². The third kappa shape index (κ3) is 5.31. The number of nitrogens with one attached hydrogen (secondary N) is 1. The van der Waals surface area contributed by atoms with E-state index in [1.165, 1.54) is 5.56 Å². The van der Waals surface area contributed by atoms with Crippen LogP contribution in [-0.4, -0.2) is 44.7 Å². The van der Waals surface area contributed by atoms with Crippen molar-refractivity contribution >= 4 is 29.9 Å². The summed E-state index contributed by atoms with van der Waals surface area (Å²) >= 11 is 0. The Morgan fingerprint density at radius 2 is 1.89 bits per heavy atom. The van der Waals surface area contributed by atoms with Crippen molar-refractivity contribution in [2.45, 2.75) is 25.8 Å². The standard InChI is InChI=1S/C22H29N3O2.HI/c1-4-23-22(24-15-18-11-8-12-20(26-2)21(18)27-3)25-14-13-19(16-25)17-9-6-5-7-10-17;/h5-12,19H,4,13-16H2,1-3H3,(H,23,24);1H. The van der Waals surface area contributed by atoms with E-state index in [2.05, 4.69) is 47.5 Å². The molecule has 1 N–H and O–H groups in total. The first-order valence-corrected chi connectivity index (χ1v) is 9.54. The maximum atomic E-state index is 5.53. The van der Waals surface area contributed by atoms with Gasteiger partial charge in [-0.25, -0.2) is 4.99 Å². The predicted octanol–water partition coefficient (Wildman–Crippen LogP) is 4.28. The van der Waals surface area contributed by atoms with Gasteiger partial charge in [0.2, 0.25) is 0 Å². The van der Waals surface area contributed by atoms with Crippen molar-refractivity contribution in [1.82, 2.24) is 10.2 Å². The number of likely N-dealkylation sites (tertiary alicyclic amines) is 1. The van der Waals surface area contributed by atoms with Gasteiger partial charge in [0, 0.05) is 31.1 Å². The van der Waals surface area contributed by atoms with Crippen LogP contribution in [0.3, 0.4) is 0 Å². The Bertz CT molecular complexity index is 768. The van der Waals surface area contributed by atoms with Crippen LogP contribution in [-0.2, 0) is 6.54 Å². The molecule has 1 aliphatic heterocycles. The minimum Gasteiger partial charge on any atom is -0.493 e. The van der Waals surface area contributed by atoms with Crippen LogP contribution in [0.4, 0.5) is 0 Å². The number of guanidine groups is 1. The highest BCUT2D eigenvalue weighted by atomic mass is 127. The molecular weight excluding hydrogens is 465 g/mol. The first-order chi connectivity index (χ1) is 13.3. The molecule has 152 valence electrons. The molecule has 2 aromatic rings. The Hall–Kier alpha value is -1.96. The second-order valence-electron chi connectivity index (χ2n) is 6.67. The van der Waals surface area contributed by atoms with Gasteiger partial charge in [0.05, 0.1) is 20.8 Å². The molecule has 1 atom stereocenters. The van der Waals surface area contributed by atoms with Gasteiger partial charge in [-0.2, -0.15) is 0 Å². The Morgan fingerprint density at radius 1 is 1.11 bits per heavy atom. The molecule has 1 unspecified atom stereocenters. The minimum absolute atomic E-state index is 0. The van der Waals surface area contributed by atoms with Crippen molar-refractivity contribution in [2.24, 2.45) is 4.99 Å². The van der Waals surface area contributed by atoms with Crippen molar-refractivity contribution < 1.29 is 9.47 Å². The Balaban J connectivity index is 0.00000280. The average Bonchev–Trinajstić information content (AvgIpc) is 3.21. The van der Waals surface area contributed by atoms with E-state index in [0.717, 1.165) is 49.1 Å². The zero-order valence-electron chi connectivity index (χ0n) is 16.9. The lowest BCUT2D eigenvalue weighted by molar-refractivity contribution is 0.351. The second kappa shape index (κ2) is 11.1. The molecule has 0 aliphatic carbocycles. The Kier molecular flexibility index (Phi) is 8.89. The van der Waals surface area contributed by atoms with Crippen molar-refractivity contribution in [2.75, 3.05) is 33.9 Å². The van der Waals surface area contributed by atoms with Crippen LogP contribution in [0.5, 0.6) is 11.5 Å². The van der Waals surface area contributed by atoms with E-state index in [9.17, 15) is 0 Å². The summed E-state index contributed by atoms with van der Waals surface area (Å²) in [6.45, 7) is 5.51. The van der Waals surface area contributed by atoms with Gasteiger partial charge in [-0.15, -0.1) is 24.0 Å². The van der Waals surface area contributed by atoms with Crippen LogP contribution in [0.2, 0.25) is 0 Å². The summed E-state index contributed by atoms with van der Waals surface area (Å²) in [5.74, 6) is 3.01. The Morgan fingerprint density at radius 3 is 2.57 bits per heavy atom. The molecule has 2 aromatic carbocycles. The summed E-state index contributed by atoms with van der Waals surface area (Å²) < 4.78 is 10.9. The summed E-state index contributed by atoms with van der Waals surface area (Å²) in [4.78, 5) is 7.23. The number of hydrogen-bond donors (Lipinski definition) is 1. The number of nitrogens with zero attached hydrogens (tertiary/aromatic N) is 2. The van der Waals surface area contributed by atoms with E-state index in [4.69, 9.17) is 14.5 Å². The molecule has 28 heavy (non-hydrogen) atoms. The monoisotopic (exact) mass is 495 g/mol. The first-order valence-electron chi connectivity index (χ1n) is 9.54. The number of hydrogen-bond acceptors (Lipinski definition) is 3. The molecule has 0 amide bonds. The number of ether oxygens (including phenoxy) is 2. The lowest BCUT2D eigenvalue weighted by atomic mass is 9.99. The predicted molar refractivity (Wildman–Crippen MR) is 125 cm³/mol. The maximum Gasteiger partial charge on any atom is 0.194 e. The van der Waals surface area contributed by atoms with Gasteiger partial charge in [-0.3, -0.25) is 0 Å². The fourth-order valence-electron chi connectivity index (χ4n) is 3.61. The highest BCUT2D eigenvalue weighted by Crippen LogP contribution is 2.31.